The van der Waals surface area contributed by atoms with Gasteiger partial charge in [0.25, 0.3) is 11.8 Å². The number of imide groups is 1. The normalized spacial score (nSPS) is 13.7. The average molecular weight is 447 g/mol. The van der Waals surface area contributed by atoms with Gasteiger partial charge in [0, 0.05) is 10.7 Å². The van der Waals surface area contributed by atoms with Crippen molar-refractivity contribution in [2.45, 2.75) is 20.4 Å². The first-order valence-corrected chi connectivity index (χ1v) is 10.8. The number of carbonyl (C=O) groups is 2. The fraction of sp³-hybridized carbons (Fsp3) is 0.154. The Labute approximate surface area is 192 Å². The van der Waals surface area contributed by atoms with E-state index in [2.05, 4.69) is 5.32 Å². The Balaban J connectivity index is 1.68. The minimum Gasteiger partial charge on any atom is -0.494 e. The Kier molecular flexibility index (Phi) is 6.28. The third kappa shape index (κ3) is 4.53. The lowest BCUT2D eigenvalue weighted by molar-refractivity contribution is -0.137. The molecular weight excluding hydrogens is 424 g/mol. The van der Waals surface area contributed by atoms with E-state index in [1.165, 1.54) is 4.90 Å². The van der Waals surface area contributed by atoms with Crippen LogP contribution in [0.2, 0.25) is 5.02 Å². The van der Waals surface area contributed by atoms with Gasteiger partial charge in [0.15, 0.2) is 0 Å². The summed E-state index contributed by atoms with van der Waals surface area (Å²) in [7, 11) is 0. The third-order valence-electron chi connectivity index (χ3n) is 5.20. The summed E-state index contributed by atoms with van der Waals surface area (Å²) in [6.45, 7) is 4.68. The van der Waals surface area contributed by atoms with Gasteiger partial charge < -0.3 is 10.1 Å². The van der Waals surface area contributed by atoms with Crippen molar-refractivity contribution in [2.24, 2.45) is 0 Å². The number of hydrogen-bond donors (Lipinski definition) is 1. The van der Waals surface area contributed by atoms with E-state index in [0.29, 0.717) is 28.5 Å². The molecule has 4 rings (SSSR count). The maximum absolute atomic E-state index is 13.4. The molecule has 1 N–H and O–H groups in total. The van der Waals surface area contributed by atoms with E-state index in [0.717, 1.165) is 16.9 Å². The smallest absolute Gasteiger partial charge is 0.278 e. The number of ether oxygens (including phenoxy) is 1. The molecule has 0 aliphatic carbocycles. The zero-order valence-electron chi connectivity index (χ0n) is 17.9. The maximum Gasteiger partial charge on any atom is 0.278 e. The molecular formula is C26H23ClN2O3. The van der Waals surface area contributed by atoms with Gasteiger partial charge in [0.1, 0.15) is 11.4 Å². The van der Waals surface area contributed by atoms with Crippen molar-refractivity contribution < 1.29 is 14.3 Å². The Morgan fingerprint density at radius 2 is 1.53 bits per heavy atom. The molecule has 1 heterocycles. The van der Waals surface area contributed by atoms with Crippen molar-refractivity contribution >= 4 is 34.7 Å². The highest BCUT2D eigenvalue weighted by Gasteiger charge is 2.39. The van der Waals surface area contributed by atoms with Gasteiger partial charge in [-0.2, -0.15) is 0 Å². The number of aryl methyl sites for hydroxylation is 1. The van der Waals surface area contributed by atoms with Gasteiger partial charge >= 0.3 is 0 Å². The number of benzene rings is 3. The van der Waals surface area contributed by atoms with Gasteiger partial charge in [-0.05, 0) is 61.4 Å². The lowest BCUT2D eigenvalue weighted by Gasteiger charge is -2.15. The summed E-state index contributed by atoms with van der Waals surface area (Å²) in [5.74, 6) is 0.0283. The summed E-state index contributed by atoms with van der Waals surface area (Å²) in [5, 5.41) is 3.72. The monoisotopic (exact) mass is 446 g/mol. The Bertz CT molecular complexity index is 1170. The summed E-state index contributed by atoms with van der Waals surface area (Å²) in [6, 6.07) is 22.0. The van der Waals surface area contributed by atoms with Crippen LogP contribution in [0.25, 0.3) is 5.57 Å². The van der Waals surface area contributed by atoms with Crippen LogP contribution >= 0.6 is 11.6 Å². The number of carbonyl (C=O) groups excluding carboxylic acids is 2. The summed E-state index contributed by atoms with van der Waals surface area (Å²) < 4.78 is 5.48. The largest absolute Gasteiger partial charge is 0.494 e. The first-order chi connectivity index (χ1) is 15.5. The number of amides is 2. The molecule has 0 unspecified atom stereocenters. The summed E-state index contributed by atoms with van der Waals surface area (Å²) >= 11 is 6.03. The molecule has 32 heavy (non-hydrogen) atoms. The Morgan fingerprint density at radius 3 is 2.16 bits per heavy atom. The van der Waals surface area contributed by atoms with Gasteiger partial charge in [-0.25, -0.2) is 0 Å². The molecule has 6 heteroatoms. The highest BCUT2D eigenvalue weighted by atomic mass is 35.5. The summed E-state index contributed by atoms with van der Waals surface area (Å²) in [4.78, 5) is 28.0. The minimum atomic E-state index is -0.366. The minimum absolute atomic E-state index is 0.198. The molecule has 162 valence electrons. The van der Waals surface area contributed by atoms with Crippen LogP contribution in [-0.2, 0) is 16.1 Å². The number of nitrogens with one attached hydrogen (secondary N) is 1. The summed E-state index contributed by atoms with van der Waals surface area (Å²) in [5.41, 5.74) is 3.89. The number of hydrogen-bond acceptors (Lipinski definition) is 4. The van der Waals surface area contributed by atoms with E-state index in [4.69, 9.17) is 16.3 Å². The molecule has 5 nitrogen and oxygen atoms in total. The summed E-state index contributed by atoms with van der Waals surface area (Å²) in [6.07, 6.45) is 0. The zero-order valence-corrected chi connectivity index (χ0v) is 18.6. The van der Waals surface area contributed by atoms with Crippen molar-refractivity contribution in [2.75, 3.05) is 11.9 Å². The first kappa shape index (κ1) is 21.7. The van der Waals surface area contributed by atoms with Crippen molar-refractivity contribution in [3.05, 3.63) is 100 Å². The maximum atomic E-state index is 13.4. The lowest BCUT2D eigenvalue weighted by atomic mass is 10.0. The van der Waals surface area contributed by atoms with E-state index in [-0.39, 0.29) is 24.1 Å². The van der Waals surface area contributed by atoms with Crippen molar-refractivity contribution in [3.8, 4) is 5.75 Å². The molecule has 3 aromatic rings. The number of rotatable bonds is 7. The van der Waals surface area contributed by atoms with Gasteiger partial charge in [0.05, 0.1) is 18.7 Å². The second-order valence-electron chi connectivity index (χ2n) is 7.52. The highest BCUT2D eigenvalue weighted by molar-refractivity contribution is 6.36. The van der Waals surface area contributed by atoms with Crippen molar-refractivity contribution in [1.82, 2.24) is 4.90 Å². The quantitative estimate of drug-likeness (QED) is 0.491. The second kappa shape index (κ2) is 9.28. The molecule has 0 bridgehead atoms. The molecule has 0 radical (unpaired) electrons. The molecule has 1 aliphatic heterocycles. The van der Waals surface area contributed by atoms with Crippen LogP contribution in [0.1, 0.15) is 23.6 Å². The molecule has 0 fully saturated rings. The van der Waals surface area contributed by atoms with Crippen LogP contribution in [0.5, 0.6) is 5.75 Å². The van der Waals surface area contributed by atoms with Crippen LogP contribution in [0.15, 0.2) is 78.5 Å². The molecule has 0 spiro atoms. The predicted octanol–water partition coefficient (Wildman–Crippen LogP) is 5.44. The van der Waals surface area contributed by atoms with Gasteiger partial charge in [-0.1, -0.05) is 53.6 Å². The van der Waals surface area contributed by atoms with Gasteiger partial charge in [-0.3, -0.25) is 14.5 Å². The van der Waals surface area contributed by atoms with Crippen LogP contribution in [-0.4, -0.2) is 23.3 Å². The van der Waals surface area contributed by atoms with E-state index in [1.807, 2.05) is 62.4 Å². The Morgan fingerprint density at radius 1 is 0.875 bits per heavy atom. The lowest BCUT2D eigenvalue weighted by Crippen LogP contribution is -2.32. The fourth-order valence-corrected chi connectivity index (χ4v) is 3.67. The van der Waals surface area contributed by atoms with Gasteiger partial charge in [-0.15, -0.1) is 0 Å². The SMILES string of the molecule is CCOc1ccc(NC2=C(c3ccc(Cl)cc3)C(=O)N(Cc3ccc(C)cc3)C2=O)cc1. The van der Waals surface area contributed by atoms with Crippen molar-refractivity contribution in [3.63, 3.8) is 0 Å². The molecule has 0 saturated carbocycles. The Hall–Kier alpha value is -3.57. The molecule has 0 saturated heterocycles. The fourth-order valence-electron chi connectivity index (χ4n) is 3.54. The molecule has 1 aliphatic rings. The van der Waals surface area contributed by atoms with Crippen LogP contribution < -0.4 is 10.1 Å². The van der Waals surface area contributed by atoms with Gasteiger partial charge in [0.2, 0.25) is 0 Å². The van der Waals surface area contributed by atoms with E-state index in [1.54, 1.807) is 24.3 Å². The van der Waals surface area contributed by atoms with Crippen LogP contribution in [0, 0.1) is 6.92 Å². The topological polar surface area (TPSA) is 58.6 Å². The van der Waals surface area contributed by atoms with E-state index < -0.39 is 0 Å². The molecule has 3 aromatic carbocycles. The number of halogens is 1. The molecule has 2 amide bonds. The van der Waals surface area contributed by atoms with E-state index in [9.17, 15) is 9.59 Å². The highest BCUT2D eigenvalue weighted by Crippen LogP contribution is 2.32. The third-order valence-corrected chi connectivity index (χ3v) is 5.45. The predicted molar refractivity (Wildman–Crippen MR) is 126 cm³/mol. The average Bonchev–Trinajstić information content (AvgIpc) is 3.01. The standard InChI is InChI=1S/C26H23ClN2O3/c1-3-32-22-14-12-21(13-15-22)28-24-23(19-8-10-20(27)11-9-19)25(30)29(26(24)31)16-18-6-4-17(2)5-7-18/h4-15,28H,3,16H2,1-2H3. The first-order valence-electron chi connectivity index (χ1n) is 10.4. The molecule has 0 atom stereocenters. The van der Waals surface area contributed by atoms with Crippen LogP contribution in [0.4, 0.5) is 5.69 Å². The second-order valence-corrected chi connectivity index (χ2v) is 7.96. The number of anilines is 1. The number of nitrogens with zero attached hydrogens (tertiary/aromatic N) is 1. The van der Waals surface area contributed by atoms with Crippen molar-refractivity contribution in [1.29, 1.82) is 0 Å². The molecule has 0 aromatic heterocycles. The van der Waals surface area contributed by atoms with Crippen LogP contribution in [0.3, 0.4) is 0 Å². The zero-order chi connectivity index (χ0) is 22.7. The van der Waals surface area contributed by atoms with E-state index >= 15 is 0 Å².